The predicted octanol–water partition coefficient (Wildman–Crippen LogP) is 1.87. The highest BCUT2D eigenvalue weighted by molar-refractivity contribution is 8.13. The van der Waals surface area contributed by atoms with Gasteiger partial charge in [0.25, 0.3) is 5.91 Å². The first-order chi connectivity index (χ1) is 9.26. The van der Waals surface area contributed by atoms with Gasteiger partial charge in [-0.05, 0) is 30.5 Å². The number of hydrogen-bond acceptors (Lipinski definition) is 4. The van der Waals surface area contributed by atoms with E-state index in [1.54, 1.807) is 29.2 Å². The molecule has 98 valence electrons. The first kappa shape index (κ1) is 13.5. The SMILES string of the molecule is C#CCOc1ccc(C(=O)N2CCN=C2SC)cc1. The molecule has 1 aliphatic heterocycles. The molecule has 0 unspecified atom stereocenters. The van der Waals surface area contributed by atoms with Crippen molar-refractivity contribution in [3.8, 4) is 18.1 Å². The molecular weight excluding hydrogens is 260 g/mol. The molecular formula is C14H14N2O2S. The molecule has 5 heteroatoms. The van der Waals surface area contributed by atoms with Gasteiger partial charge in [-0.15, -0.1) is 6.42 Å². The third kappa shape index (κ3) is 3.09. The summed E-state index contributed by atoms with van der Waals surface area (Å²) in [6.07, 6.45) is 7.03. The van der Waals surface area contributed by atoms with E-state index in [0.717, 1.165) is 5.17 Å². The van der Waals surface area contributed by atoms with Crippen LogP contribution in [0, 0.1) is 12.3 Å². The van der Waals surface area contributed by atoms with E-state index in [2.05, 4.69) is 10.9 Å². The van der Waals surface area contributed by atoms with Crippen LogP contribution in [0.2, 0.25) is 0 Å². The molecule has 2 rings (SSSR count). The van der Waals surface area contributed by atoms with Crippen molar-refractivity contribution in [3.05, 3.63) is 29.8 Å². The standard InChI is InChI=1S/C14H14N2O2S/c1-3-10-18-12-6-4-11(5-7-12)13(17)16-9-8-15-14(16)19-2/h1,4-7H,8-10H2,2H3. The van der Waals surface area contributed by atoms with Crippen molar-refractivity contribution in [2.45, 2.75) is 0 Å². The second-order valence-corrected chi connectivity index (χ2v) is 4.62. The molecule has 0 aromatic heterocycles. The van der Waals surface area contributed by atoms with E-state index in [9.17, 15) is 4.79 Å². The molecule has 0 aliphatic carbocycles. The van der Waals surface area contributed by atoms with Gasteiger partial charge in [0.05, 0.1) is 6.54 Å². The summed E-state index contributed by atoms with van der Waals surface area (Å²) in [6, 6.07) is 6.97. The molecule has 1 aromatic carbocycles. The molecule has 1 heterocycles. The first-order valence-electron chi connectivity index (χ1n) is 5.83. The number of hydrogen-bond donors (Lipinski definition) is 0. The van der Waals surface area contributed by atoms with Crippen molar-refractivity contribution >= 4 is 22.8 Å². The summed E-state index contributed by atoms with van der Waals surface area (Å²) in [4.78, 5) is 18.3. The number of carbonyl (C=O) groups excluding carboxylic acids is 1. The van der Waals surface area contributed by atoms with Gasteiger partial charge in [-0.3, -0.25) is 14.7 Å². The summed E-state index contributed by atoms with van der Waals surface area (Å²) in [5, 5.41) is 0.776. The number of nitrogens with zero attached hydrogens (tertiary/aromatic N) is 2. The summed E-state index contributed by atoms with van der Waals surface area (Å²) in [5.74, 6) is 3.02. The van der Waals surface area contributed by atoms with Crippen molar-refractivity contribution < 1.29 is 9.53 Å². The first-order valence-corrected chi connectivity index (χ1v) is 7.05. The molecule has 0 N–H and O–H groups in total. The van der Waals surface area contributed by atoms with E-state index in [0.29, 0.717) is 24.4 Å². The van der Waals surface area contributed by atoms with Gasteiger partial charge in [0.1, 0.15) is 12.4 Å². The van der Waals surface area contributed by atoms with Gasteiger partial charge in [0.2, 0.25) is 0 Å². The molecule has 4 nitrogen and oxygen atoms in total. The minimum atomic E-state index is -0.0332. The zero-order valence-electron chi connectivity index (χ0n) is 10.6. The summed E-state index contributed by atoms with van der Waals surface area (Å²) < 4.78 is 5.27. The second kappa shape index (κ2) is 6.30. The Morgan fingerprint density at radius 2 is 2.26 bits per heavy atom. The number of amidine groups is 1. The fraction of sp³-hybridized carbons (Fsp3) is 0.286. The highest BCUT2D eigenvalue weighted by Crippen LogP contribution is 2.18. The minimum absolute atomic E-state index is 0.0332. The van der Waals surface area contributed by atoms with Crippen LogP contribution in [0.3, 0.4) is 0 Å². The normalized spacial score (nSPS) is 13.9. The lowest BCUT2D eigenvalue weighted by molar-refractivity contribution is 0.0860. The molecule has 0 saturated carbocycles. The van der Waals surface area contributed by atoms with Crippen LogP contribution < -0.4 is 4.74 Å². The highest BCUT2D eigenvalue weighted by atomic mass is 32.2. The topological polar surface area (TPSA) is 41.9 Å². The average Bonchev–Trinajstić information content (AvgIpc) is 2.93. The number of ether oxygens (including phenoxy) is 1. The maximum Gasteiger partial charge on any atom is 0.259 e. The highest BCUT2D eigenvalue weighted by Gasteiger charge is 2.23. The summed E-state index contributed by atoms with van der Waals surface area (Å²) in [7, 11) is 0. The number of rotatable bonds is 3. The Morgan fingerprint density at radius 1 is 1.53 bits per heavy atom. The monoisotopic (exact) mass is 274 g/mol. The van der Waals surface area contributed by atoms with Gasteiger partial charge in [-0.1, -0.05) is 17.7 Å². The van der Waals surface area contributed by atoms with Crippen LogP contribution in [0.25, 0.3) is 0 Å². The Labute approximate surface area is 116 Å². The summed E-state index contributed by atoms with van der Waals surface area (Å²) in [6.45, 7) is 1.54. The second-order valence-electron chi connectivity index (χ2n) is 3.84. The van der Waals surface area contributed by atoms with Crippen molar-refractivity contribution in [2.24, 2.45) is 4.99 Å². The fourth-order valence-corrected chi connectivity index (χ4v) is 2.38. The number of aliphatic imine (C=N–C) groups is 1. The van der Waals surface area contributed by atoms with Crippen LogP contribution in [0.15, 0.2) is 29.3 Å². The van der Waals surface area contributed by atoms with Crippen molar-refractivity contribution in [2.75, 3.05) is 26.0 Å². The molecule has 0 bridgehead atoms. The summed E-state index contributed by atoms with van der Waals surface area (Å²) in [5.41, 5.74) is 0.622. The third-order valence-corrected chi connectivity index (χ3v) is 3.37. The van der Waals surface area contributed by atoms with Crippen LogP contribution in [0.1, 0.15) is 10.4 Å². The lowest BCUT2D eigenvalue weighted by Gasteiger charge is -2.16. The van der Waals surface area contributed by atoms with Crippen LogP contribution >= 0.6 is 11.8 Å². The van der Waals surface area contributed by atoms with Gasteiger partial charge < -0.3 is 4.74 Å². The fourth-order valence-electron chi connectivity index (χ4n) is 1.76. The molecule has 0 saturated heterocycles. The number of amides is 1. The van der Waals surface area contributed by atoms with Crippen molar-refractivity contribution in [3.63, 3.8) is 0 Å². The van der Waals surface area contributed by atoms with Crippen LogP contribution in [0.4, 0.5) is 0 Å². The molecule has 1 amide bonds. The van der Waals surface area contributed by atoms with Gasteiger partial charge in [0.15, 0.2) is 5.17 Å². The van der Waals surface area contributed by atoms with Gasteiger partial charge in [0, 0.05) is 12.1 Å². The van der Waals surface area contributed by atoms with Gasteiger partial charge >= 0.3 is 0 Å². The Morgan fingerprint density at radius 3 is 2.89 bits per heavy atom. The Hall–Kier alpha value is -1.93. The zero-order chi connectivity index (χ0) is 13.7. The Kier molecular flexibility index (Phi) is 4.48. The molecule has 0 atom stereocenters. The van der Waals surface area contributed by atoms with Crippen LogP contribution in [0.5, 0.6) is 5.75 Å². The number of terminal acetylenes is 1. The van der Waals surface area contributed by atoms with Crippen molar-refractivity contribution in [1.82, 2.24) is 4.90 Å². The number of carbonyl (C=O) groups is 1. The van der Waals surface area contributed by atoms with E-state index < -0.39 is 0 Å². The van der Waals surface area contributed by atoms with E-state index in [4.69, 9.17) is 11.2 Å². The van der Waals surface area contributed by atoms with Crippen LogP contribution in [-0.4, -0.2) is 41.9 Å². The molecule has 0 spiro atoms. The lowest BCUT2D eigenvalue weighted by atomic mass is 10.2. The molecule has 0 radical (unpaired) electrons. The van der Waals surface area contributed by atoms with Crippen molar-refractivity contribution in [1.29, 1.82) is 0 Å². The molecule has 0 fully saturated rings. The summed E-state index contributed by atoms with van der Waals surface area (Å²) >= 11 is 1.49. The maximum absolute atomic E-state index is 12.3. The molecule has 19 heavy (non-hydrogen) atoms. The largest absolute Gasteiger partial charge is 0.481 e. The lowest BCUT2D eigenvalue weighted by Crippen LogP contribution is -2.32. The smallest absolute Gasteiger partial charge is 0.259 e. The molecule has 1 aliphatic rings. The zero-order valence-corrected chi connectivity index (χ0v) is 11.4. The predicted molar refractivity (Wildman–Crippen MR) is 77.6 cm³/mol. The average molecular weight is 274 g/mol. The van der Waals surface area contributed by atoms with E-state index in [-0.39, 0.29) is 12.5 Å². The minimum Gasteiger partial charge on any atom is -0.481 e. The van der Waals surface area contributed by atoms with E-state index >= 15 is 0 Å². The van der Waals surface area contributed by atoms with Crippen LogP contribution in [-0.2, 0) is 0 Å². The molecule has 1 aromatic rings. The van der Waals surface area contributed by atoms with E-state index in [1.807, 2.05) is 6.26 Å². The number of thioether (sulfide) groups is 1. The van der Waals surface area contributed by atoms with Gasteiger partial charge in [-0.25, -0.2) is 0 Å². The quantitative estimate of drug-likeness (QED) is 0.790. The Balaban J connectivity index is 2.08. The third-order valence-electron chi connectivity index (χ3n) is 2.65. The van der Waals surface area contributed by atoms with Gasteiger partial charge in [-0.2, -0.15) is 0 Å². The maximum atomic E-state index is 12.3. The van der Waals surface area contributed by atoms with E-state index in [1.165, 1.54) is 11.8 Å². The Bertz CT molecular complexity index is 531. The number of benzene rings is 1.